The number of unbranched alkanes of at least 4 members (excludes halogenated alkanes) is 1. The molecule has 1 heterocycles. The van der Waals surface area contributed by atoms with Crippen LogP contribution in [0.3, 0.4) is 0 Å². The first-order chi connectivity index (χ1) is 7.63. The van der Waals surface area contributed by atoms with Crippen molar-refractivity contribution in [3.63, 3.8) is 0 Å². The maximum absolute atomic E-state index is 11.6. The lowest BCUT2D eigenvalue weighted by atomic mass is 10.3. The highest BCUT2D eigenvalue weighted by Gasteiger charge is 2.12. The first kappa shape index (κ1) is 12.5. The number of anilines is 1. The number of nitrogens with one attached hydrogen (secondary N) is 2. The summed E-state index contributed by atoms with van der Waals surface area (Å²) in [6.45, 7) is 4.67. The first-order valence-corrected chi connectivity index (χ1v) is 5.67. The van der Waals surface area contributed by atoms with Gasteiger partial charge in [0.2, 0.25) is 5.91 Å². The van der Waals surface area contributed by atoms with Crippen molar-refractivity contribution in [3.05, 3.63) is 12.3 Å². The number of hydrogen-bond acceptors (Lipinski definition) is 3. The van der Waals surface area contributed by atoms with Crippen LogP contribution >= 0.6 is 0 Å². The van der Waals surface area contributed by atoms with Crippen LogP contribution < -0.4 is 10.6 Å². The first-order valence-electron chi connectivity index (χ1n) is 5.67. The molecular weight excluding hydrogens is 204 g/mol. The van der Waals surface area contributed by atoms with Crippen molar-refractivity contribution in [2.45, 2.75) is 32.7 Å². The van der Waals surface area contributed by atoms with Gasteiger partial charge >= 0.3 is 0 Å². The van der Waals surface area contributed by atoms with E-state index < -0.39 is 0 Å². The largest absolute Gasteiger partial charge is 0.357 e. The zero-order valence-corrected chi connectivity index (χ0v) is 10.2. The SMILES string of the molecule is CCCCNC(=O)C(C)Nc1ccn(C)n1. The van der Waals surface area contributed by atoms with Gasteiger partial charge in [0, 0.05) is 25.9 Å². The minimum Gasteiger partial charge on any atom is -0.357 e. The average Bonchev–Trinajstić information content (AvgIpc) is 2.64. The fourth-order valence-corrected chi connectivity index (χ4v) is 1.32. The Hall–Kier alpha value is -1.52. The Morgan fingerprint density at radius 2 is 2.38 bits per heavy atom. The lowest BCUT2D eigenvalue weighted by Gasteiger charge is -2.13. The van der Waals surface area contributed by atoms with Crippen LogP contribution in [0.2, 0.25) is 0 Å². The summed E-state index contributed by atoms with van der Waals surface area (Å²) in [5.41, 5.74) is 0. The number of amides is 1. The second-order valence-electron chi connectivity index (χ2n) is 3.89. The molecule has 0 fully saturated rings. The molecule has 0 radical (unpaired) electrons. The van der Waals surface area contributed by atoms with Gasteiger partial charge in [-0.1, -0.05) is 13.3 Å². The fraction of sp³-hybridized carbons (Fsp3) is 0.636. The quantitative estimate of drug-likeness (QED) is 0.712. The van der Waals surface area contributed by atoms with E-state index in [0.29, 0.717) is 0 Å². The van der Waals surface area contributed by atoms with Gasteiger partial charge in [-0.15, -0.1) is 0 Å². The van der Waals surface area contributed by atoms with Crippen molar-refractivity contribution in [3.8, 4) is 0 Å². The lowest BCUT2D eigenvalue weighted by Crippen LogP contribution is -2.38. The molecule has 5 nitrogen and oxygen atoms in total. The van der Waals surface area contributed by atoms with Gasteiger partial charge in [0.1, 0.15) is 11.9 Å². The van der Waals surface area contributed by atoms with E-state index in [-0.39, 0.29) is 11.9 Å². The Bertz CT molecular complexity index is 334. The second kappa shape index (κ2) is 6.15. The molecule has 0 saturated carbocycles. The Morgan fingerprint density at radius 1 is 1.62 bits per heavy atom. The van der Waals surface area contributed by atoms with Gasteiger partial charge in [-0.3, -0.25) is 9.48 Å². The highest BCUT2D eigenvalue weighted by Crippen LogP contribution is 2.03. The number of rotatable bonds is 6. The third kappa shape index (κ3) is 3.92. The highest BCUT2D eigenvalue weighted by molar-refractivity contribution is 5.83. The van der Waals surface area contributed by atoms with Crippen LogP contribution in [0, 0.1) is 0 Å². The van der Waals surface area contributed by atoms with E-state index in [1.54, 1.807) is 4.68 Å². The van der Waals surface area contributed by atoms with Crippen LogP contribution in [0.1, 0.15) is 26.7 Å². The highest BCUT2D eigenvalue weighted by atomic mass is 16.2. The molecule has 5 heteroatoms. The summed E-state index contributed by atoms with van der Waals surface area (Å²) in [4.78, 5) is 11.6. The molecular formula is C11H20N4O. The number of nitrogens with zero attached hydrogens (tertiary/aromatic N) is 2. The van der Waals surface area contributed by atoms with E-state index in [2.05, 4.69) is 22.7 Å². The zero-order chi connectivity index (χ0) is 12.0. The summed E-state index contributed by atoms with van der Waals surface area (Å²) in [6, 6.07) is 1.59. The van der Waals surface area contributed by atoms with Gasteiger partial charge in [-0.25, -0.2) is 0 Å². The van der Waals surface area contributed by atoms with Crippen LogP contribution in [0.25, 0.3) is 0 Å². The molecule has 1 unspecified atom stereocenters. The fourth-order valence-electron chi connectivity index (χ4n) is 1.32. The van der Waals surface area contributed by atoms with E-state index in [9.17, 15) is 4.79 Å². The topological polar surface area (TPSA) is 59.0 Å². The molecule has 1 aromatic heterocycles. The Morgan fingerprint density at radius 3 is 2.94 bits per heavy atom. The molecule has 1 rings (SSSR count). The predicted octanol–water partition coefficient (Wildman–Crippen LogP) is 1.14. The average molecular weight is 224 g/mol. The van der Waals surface area contributed by atoms with E-state index in [1.165, 1.54) is 0 Å². The molecule has 90 valence electrons. The number of hydrogen-bond donors (Lipinski definition) is 2. The number of carbonyl (C=O) groups is 1. The molecule has 16 heavy (non-hydrogen) atoms. The molecule has 0 aliphatic rings. The maximum Gasteiger partial charge on any atom is 0.242 e. The molecule has 1 amide bonds. The molecule has 0 bridgehead atoms. The maximum atomic E-state index is 11.6. The predicted molar refractivity (Wildman–Crippen MR) is 64.2 cm³/mol. The lowest BCUT2D eigenvalue weighted by molar-refractivity contribution is -0.121. The molecule has 0 aliphatic carbocycles. The summed E-state index contributed by atoms with van der Waals surface area (Å²) in [7, 11) is 1.84. The minimum absolute atomic E-state index is 0.0131. The molecule has 2 N–H and O–H groups in total. The van der Waals surface area contributed by atoms with Crippen molar-refractivity contribution in [1.29, 1.82) is 0 Å². The number of aromatic nitrogens is 2. The van der Waals surface area contributed by atoms with Crippen molar-refractivity contribution in [2.75, 3.05) is 11.9 Å². The number of aryl methyl sites for hydroxylation is 1. The summed E-state index contributed by atoms with van der Waals surface area (Å²) in [5, 5.41) is 10.1. The molecule has 0 aliphatic heterocycles. The summed E-state index contributed by atoms with van der Waals surface area (Å²) < 4.78 is 1.70. The second-order valence-corrected chi connectivity index (χ2v) is 3.89. The smallest absolute Gasteiger partial charge is 0.242 e. The Balaban J connectivity index is 2.34. The van der Waals surface area contributed by atoms with E-state index >= 15 is 0 Å². The van der Waals surface area contributed by atoms with Crippen molar-refractivity contribution < 1.29 is 4.79 Å². The minimum atomic E-state index is -0.258. The van der Waals surface area contributed by atoms with E-state index in [1.807, 2.05) is 26.2 Å². The molecule has 1 aromatic rings. The summed E-state index contributed by atoms with van der Waals surface area (Å²) in [6.07, 6.45) is 3.94. The van der Waals surface area contributed by atoms with Crippen molar-refractivity contribution >= 4 is 11.7 Å². The van der Waals surface area contributed by atoms with Crippen molar-refractivity contribution in [2.24, 2.45) is 7.05 Å². The summed E-state index contributed by atoms with van der Waals surface area (Å²) >= 11 is 0. The van der Waals surface area contributed by atoms with Gasteiger partial charge in [-0.05, 0) is 13.3 Å². The van der Waals surface area contributed by atoms with Crippen LogP contribution in [-0.2, 0) is 11.8 Å². The normalized spacial score (nSPS) is 12.2. The van der Waals surface area contributed by atoms with E-state index in [4.69, 9.17) is 0 Å². The van der Waals surface area contributed by atoms with E-state index in [0.717, 1.165) is 25.2 Å². The van der Waals surface area contributed by atoms with Crippen LogP contribution in [0.15, 0.2) is 12.3 Å². The van der Waals surface area contributed by atoms with Gasteiger partial charge in [0.05, 0.1) is 0 Å². The van der Waals surface area contributed by atoms with Crippen LogP contribution in [0.5, 0.6) is 0 Å². The van der Waals surface area contributed by atoms with Crippen molar-refractivity contribution in [1.82, 2.24) is 15.1 Å². The molecule has 0 saturated heterocycles. The van der Waals surface area contributed by atoms with Crippen LogP contribution in [-0.4, -0.2) is 28.3 Å². The monoisotopic (exact) mass is 224 g/mol. The summed E-state index contributed by atoms with van der Waals surface area (Å²) in [5.74, 6) is 0.736. The number of carbonyl (C=O) groups excluding carboxylic acids is 1. The third-order valence-electron chi connectivity index (χ3n) is 2.30. The Kier molecular flexibility index (Phi) is 4.82. The molecule has 0 spiro atoms. The van der Waals surface area contributed by atoms with Gasteiger partial charge in [-0.2, -0.15) is 5.10 Å². The molecule has 0 aromatic carbocycles. The van der Waals surface area contributed by atoms with Crippen LogP contribution in [0.4, 0.5) is 5.82 Å². The van der Waals surface area contributed by atoms with Gasteiger partial charge in [0.15, 0.2) is 0 Å². The van der Waals surface area contributed by atoms with Gasteiger partial charge < -0.3 is 10.6 Å². The third-order valence-corrected chi connectivity index (χ3v) is 2.30. The Labute approximate surface area is 96.2 Å². The molecule has 1 atom stereocenters. The standard InChI is InChI=1S/C11H20N4O/c1-4-5-7-12-11(16)9(2)13-10-6-8-15(3)14-10/h6,8-9H,4-5,7H2,1-3H3,(H,12,16)(H,13,14). The zero-order valence-electron chi connectivity index (χ0n) is 10.2. The van der Waals surface area contributed by atoms with Gasteiger partial charge in [0.25, 0.3) is 0 Å².